The molecule has 0 aliphatic carbocycles. The van der Waals surface area contributed by atoms with Crippen molar-refractivity contribution in [3.05, 3.63) is 75.9 Å². The molecule has 2 heterocycles. The number of fused-ring (bicyclic) bond motifs is 1. The molecule has 1 amide bonds. The number of aromatic nitrogens is 2. The normalized spacial score (nSPS) is 18.3. The topological polar surface area (TPSA) is 59.0 Å². The smallest absolute Gasteiger partial charge is 0.363 e. The lowest BCUT2D eigenvalue weighted by molar-refractivity contribution is -0.173. The average Bonchev–Trinajstić information content (AvgIpc) is 3.14. The monoisotopic (exact) mass is 448 g/mol. The number of carbonyl (C=O) groups is 1. The number of anilines is 2. The summed E-state index contributed by atoms with van der Waals surface area (Å²) in [7, 11) is 0. The molecule has 2 atom stereocenters. The Morgan fingerprint density at radius 2 is 1.84 bits per heavy atom. The van der Waals surface area contributed by atoms with Gasteiger partial charge in [-0.05, 0) is 54.8 Å². The van der Waals surface area contributed by atoms with Crippen LogP contribution in [0.15, 0.2) is 48.5 Å². The molecule has 0 radical (unpaired) electrons. The van der Waals surface area contributed by atoms with Gasteiger partial charge < -0.3 is 10.6 Å². The van der Waals surface area contributed by atoms with Gasteiger partial charge in [0.1, 0.15) is 5.82 Å². The Bertz CT molecular complexity index is 1120. The van der Waals surface area contributed by atoms with E-state index in [0.717, 1.165) is 15.8 Å². The van der Waals surface area contributed by atoms with Gasteiger partial charge in [0.15, 0.2) is 11.7 Å². The molecule has 0 spiro atoms. The Kier molecular flexibility index (Phi) is 5.43. The first kappa shape index (κ1) is 21.2. The van der Waals surface area contributed by atoms with Crippen LogP contribution in [-0.2, 0) is 0 Å². The Labute approximate surface area is 182 Å². The van der Waals surface area contributed by atoms with Gasteiger partial charge in [0.05, 0.1) is 6.04 Å². The van der Waals surface area contributed by atoms with E-state index in [-0.39, 0.29) is 17.9 Å². The third-order valence-corrected chi connectivity index (χ3v) is 5.71. The second kappa shape index (κ2) is 7.92. The zero-order valence-corrected chi connectivity index (χ0v) is 17.6. The summed E-state index contributed by atoms with van der Waals surface area (Å²) >= 11 is 5.90. The molecule has 2 aromatic carbocycles. The van der Waals surface area contributed by atoms with Crippen molar-refractivity contribution in [3.8, 4) is 0 Å². The highest BCUT2D eigenvalue weighted by Crippen LogP contribution is 2.43. The highest BCUT2D eigenvalue weighted by Gasteiger charge is 2.46. The van der Waals surface area contributed by atoms with E-state index in [0.29, 0.717) is 16.3 Å². The number of alkyl halides is 3. The molecule has 0 saturated carbocycles. The molecule has 1 aromatic heterocycles. The van der Waals surface area contributed by atoms with Gasteiger partial charge in [-0.3, -0.25) is 4.79 Å². The zero-order chi connectivity index (χ0) is 22.3. The molecule has 1 aliphatic rings. The third kappa shape index (κ3) is 4.39. The fraction of sp³-hybridized carbons (Fsp3) is 0.273. The van der Waals surface area contributed by atoms with E-state index in [1.807, 2.05) is 19.9 Å². The first-order valence-electron chi connectivity index (χ1n) is 9.68. The molecule has 0 bridgehead atoms. The molecular formula is C22H20ClF3N4O. The second-order valence-electron chi connectivity index (χ2n) is 7.65. The van der Waals surface area contributed by atoms with Gasteiger partial charge in [0.2, 0.25) is 0 Å². The Hall–Kier alpha value is -3.00. The summed E-state index contributed by atoms with van der Waals surface area (Å²) in [5.41, 5.74) is 3.20. The minimum Gasteiger partial charge on any atom is -0.363 e. The summed E-state index contributed by atoms with van der Waals surface area (Å²) in [5.74, 6) is -0.435. The number of nitrogens with zero attached hydrogens (tertiary/aromatic N) is 2. The maximum absolute atomic E-state index is 13.8. The first-order chi connectivity index (χ1) is 14.6. The second-order valence-corrected chi connectivity index (χ2v) is 8.09. The largest absolute Gasteiger partial charge is 0.410 e. The van der Waals surface area contributed by atoms with Crippen molar-refractivity contribution in [2.75, 3.05) is 10.6 Å². The predicted octanol–water partition coefficient (Wildman–Crippen LogP) is 6.07. The third-order valence-electron chi connectivity index (χ3n) is 5.46. The van der Waals surface area contributed by atoms with Crippen molar-refractivity contribution in [2.24, 2.45) is 0 Å². The van der Waals surface area contributed by atoms with E-state index < -0.39 is 24.2 Å². The van der Waals surface area contributed by atoms with Crippen LogP contribution in [0.4, 0.5) is 24.7 Å². The minimum absolute atomic E-state index is 0.0910. The summed E-state index contributed by atoms with van der Waals surface area (Å²) in [6.07, 6.45) is -4.77. The lowest BCUT2D eigenvalue weighted by atomic mass is 9.97. The number of halogens is 4. The summed E-state index contributed by atoms with van der Waals surface area (Å²) in [6, 6.07) is 10.9. The van der Waals surface area contributed by atoms with Crippen LogP contribution in [0, 0.1) is 13.8 Å². The predicted molar refractivity (Wildman–Crippen MR) is 114 cm³/mol. The van der Waals surface area contributed by atoms with Crippen molar-refractivity contribution in [1.82, 2.24) is 9.78 Å². The van der Waals surface area contributed by atoms with Gasteiger partial charge >= 0.3 is 6.18 Å². The number of benzene rings is 2. The number of rotatable bonds is 3. The summed E-state index contributed by atoms with van der Waals surface area (Å²) < 4.78 is 42.3. The van der Waals surface area contributed by atoms with E-state index in [2.05, 4.69) is 15.7 Å². The average molecular weight is 449 g/mol. The van der Waals surface area contributed by atoms with E-state index in [4.69, 9.17) is 11.6 Å². The first-order valence-corrected chi connectivity index (χ1v) is 10.1. The number of carbonyl (C=O) groups excluding carboxylic acids is 1. The number of hydrogen-bond donors (Lipinski definition) is 2. The molecule has 3 aromatic rings. The van der Waals surface area contributed by atoms with Crippen molar-refractivity contribution in [3.63, 3.8) is 0 Å². The molecule has 2 unspecified atom stereocenters. The van der Waals surface area contributed by atoms with E-state index in [1.165, 1.54) is 6.07 Å². The summed E-state index contributed by atoms with van der Waals surface area (Å²) in [6.45, 7) is 3.86. The number of hydrogen-bond acceptors (Lipinski definition) is 3. The maximum atomic E-state index is 13.8. The van der Waals surface area contributed by atoms with Crippen LogP contribution in [0.2, 0.25) is 5.02 Å². The molecule has 9 heteroatoms. The van der Waals surface area contributed by atoms with Crippen LogP contribution in [0.25, 0.3) is 0 Å². The molecule has 4 rings (SSSR count). The zero-order valence-electron chi connectivity index (χ0n) is 16.8. The molecule has 1 aliphatic heterocycles. The minimum atomic E-state index is -4.52. The molecular weight excluding hydrogens is 429 g/mol. The van der Waals surface area contributed by atoms with Crippen molar-refractivity contribution in [1.29, 1.82) is 0 Å². The fourth-order valence-corrected chi connectivity index (χ4v) is 3.74. The quantitative estimate of drug-likeness (QED) is 0.511. The summed E-state index contributed by atoms with van der Waals surface area (Å²) in [4.78, 5) is 12.7. The number of aryl methyl sites for hydroxylation is 2. The lowest BCUT2D eigenvalue weighted by Gasteiger charge is -2.33. The molecule has 2 N–H and O–H groups in total. The van der Waals surface area contributed by atoms with Crippen LogP contribution < -0.4 is 10.6 Å². The van der Waals surface area contributed by atoms with Crippen molar-refractivity contribution < 1.29 is 18.0 Å². The van der Waals surface area contributed by atoms with Crippen LogP contribution in [0.5, 0.6) is 0 Å². The van der Waals surface area contributed by atoms with E-state index in [1.54, 1.807) is 36.4 Å². The van der Waals surface area contributed by atoms with Crippen LogP contribution in [-0.4, -0.2) is 21.9 Å². The van der Waals surface area contributed by atoms with E-state index in [9.17, 15) is 18.0 Å². The van der Waals surface area contributed by atoms with Gasteiger partial charge in [-0.1, -0.05) is 29.8 Å². The van der Waals surface area contributed by atoms with Gasteiger partial charge in [-0.25, -0.2) is 4.68 Å². The molecule has 0 fully saturated rings. The van der Waals surface area contributed by atoms with Gasteiger partial charge in [0.25, 0.3) is 5.91 Å². The number of nitrogens with one attached hydrogen (secondary N) is 2. The Balaban J connectivity index is 1.63. The standard InChI is InChI=1S/C22H20ClF3N4O/c1-12-3-8-16(9-13(12)2)27-21(31)18-11-20-28-17(14-4-6-15(23)7-5-14)10-19(22(24,25)26)30(20)29-18/h3-9,11,17,19,28H,10H2,1-2H3,(H,27,31). The number of amides is 1. The SMILES string of the molecule is Cc1ccc(NC(=O)c2cc3n(n2)C(C(F)(F)F)CC(c2ccc(Cl)cc2)N3)cc1C. The molecule has 0 saturated heterocycles. The fourth-order valence-electron chi connectivity index (χ4n) is 3.61. The Morgan fingerprint density at radius 1 is 1.13 bits per heavy atom. The lowest BCUT2D eigenvalue weighted by Crippen LogP contribution is -2.35. The van der Waals surface area contributed by atoms with Gasteiger partial charge in [-0.15, -0.1) is 0 Å². The van der Waals surface area contributed by atoms with Crippen molar-refractivity contribution >= 4 is 29.0 Å². The van der Waals surface area contributed by atoms with Crippen LogP contribution >= 0.6 is 11.6 Å². The van der Waals surface area contributed by atoms with Gasteiger partial charge in [0, 0.05) is 23.2 Å². The Morgan fingerprint density at radius 3 is 2.48 bits per heavy atom. The van der Waals surface area contributed by atoms with Crippen LogP contribution in [0.3, 0.4) is 0 Å². The van der Waals surface area contributed by atoms with Crippen LogP contribution in [0.1, 0.15) is 45.7 Å². The van der Waals surface area contributed by atoms with E-state index >= 15 is 0 Å². The molecule has 31 heavy (non-hydrogen) atoms. The maximum Gasteiger partial charge on any atom is 0.410 e. The van der Waals surface area contributed by atoms with Gasteiger partial charge in [-0.2, -0.15) is 18.3 Å². The highest BCUT2D eigenvalue weighted by atomic mass is 35.5. The van der Waals surface area contributed by atoms with Crippen molar-refractivity contribution in [2.45, 2.75) is 38.5 Å². The molecule has 162 valence electrons. The summed E-state index contributed by atoms with van der Waals surface area (Å²) in [5, 5.41) is 10.2. The highest BCUT2D eigenvalue weighted by molar-refractivity contribution is 6.30. The molecule has 5 nitrogen and oxygen atoms in total.